The van der Waals surface area contributed by atoms with E-state index in [1.54, 1.807) is 12.1 Å². The summed E-state index contributed by atoms with van der Waals surface area (Å²) in [4.78, 5) is 12.1. The molecule has 0 aromatic heterocycles. The molecule has 102 valence electrons. The standard InChI is InChI=1S/C14H16BrFN2O/c15-12-4-1-8(5-13(12)16)14(19)18-11-6-9-2-3-10(7-11)17-9/h1,4-5,9-11,17H,2-3,6-7H2,(H,18,19). The van der Waals surface area contributed by atoms with Crippen molar-refractivity contribution in [2.75, 3.05) is 0 Å². The molecule has 2 N–H and O–H groups in total. The zero-order chi connectivity index (χ0) is 13.4. The molecule has 1 aromatic rings. The van der Waals surface area contributed by atoms with Gasteiger partial charge in [-0.1, -0.05) is 0 Å². The van der Waals surface area contributed by atoms with Gasteiger partial charge in [-0.25, -0.2) is 4.39 Å². The molecule has 19 heavy (non-hydrogen) atoms. The number of piperidine rings is 1. The fourth-order valence-corrected chi connectivity index (χ4v) is 3.33. The van der Waals surface area contributed by atoms with E-state index < -0.39 is 5.82 Å². The number of hydrogen-bond donors (Lipinski definition) is 2. The first-order valence-electron chi connectivity index (χ1n) is 6.64. The quantitative estimate of drug-likeness (QED) is 0.877. The van der Waals surface area contributed by atoms with Crippen LogP contribution in [0, 0.1) is 5.82 Å². The van der Waals surface area contributed by atoms with E-state index in [-0.39, 0.29) is 11.9 Å². The zero-order valence-electron chi connectivity index (χ0n) is 10.5. The minimum Gasteiger partial charge on any atom is -0.349 e. The highest BCUT2D eigenvalue weighted by molar-refractivity contribution is 9.10. The van der Waals surface area contributed by atoms with Crippen molar-refractivity contribution >= 4 is 21.8 Å². The van der Waals surface area contributed by atoms with Crippen molar-refractivity contribution in [2.24, 2.45) is 0 Å². The number of rotatable bonds is 2. The van der Waals surface area contributed by atoms with Crippen molar-refractivity contribution in [1.29, 1.82) is 0 Å². The molecular formula is C14H16BrFN2O. The molecule has 3 rings (SSSR count). The summed E-state index contributed by atoms with van der Waals surface area (Å²) >= 11 is 3.09. The minimum absolute atomic E-state index is 0.183. The van der Waals surface area contributed by atoms with Gasteiger partial charge < -0.3 is 10.6 Å². The minimum atomic E-state index is -0.405. The fraction of sp³-hybridized carbons (Fsp3) is 0.500. The third-order valence-electron chi connectivity index (χ3n) is 3.99. The van der Waals surface area contributed by atoms with E-state index >= 15 is 0 Å². The average molecular weight is 327 g/mol. The van der Waals surface area contributed by atoms with Crippen LogP contribution in [0.3, 0.4) is 0 Å². The molecule has 2 heterocycles. The maximum absolute atomic E-state index is 13.4. The van der Waals surface area contributed by atoms with Crippen LogP contribution in [0.5, 0.6) is 0 Å². The first-order valence-corrected chi connectivity index (χ1v) is 7.43. The van der Waals surface area contributed by atoms with Gasteiger partial charge in [-0.05, 0) is 59.8 Å². The highest BCUT2D eigenvalue weighted by Gasteiger charge is 2.34. The lowest BCUT2D eigenvalue weighted by atomic mass is 9.99. The molecule has 0 saturated carbocycles. The van der Waals surface area contributed by atoms with Gasteiger partial charge in [-0.2, -0.15) is 0 Å². The van der Waals surface area contributed by atoms with Crippen LogP contribution in [0.15, 0.2) is 22.7 Å². The van der Waals surface area contributed by atoms with Gasteiger partial charge in [-0.3, -0.25) is 4.79 Å². The molecular weight excluding hydrogens is 311 g/mol. The van der Waals surface area contributed by atoms with Crippen LogP contribution >= 0.6 is 15.9 Å². The molecule has 0 radical (unpaired) electrons. The van der Waals surface area contributed by atoms with Gasteiger partial charge in [0.25, 0.3) is 5.91 Å². The predicted octanol–water partition coefficient (Wildman–Crippen LogP) is 2.60. The summed E-state index contributed by atoms with van der Waals surface area (Å²) in [6.45, 7) is 0. The Hall–Kier alpha value is -0.940. The molecule has 0 spiro atoms. The van der Waals surface area contributed by atoms with Gasteiger partial charge in [0.2, 0.25) is 0 Å². The molecule has 2 fully saturated rings. The summed E-state index contributed by atoms with van der Waals surface area (Å²) in [5, 5.41) is 6.55. The maximum atomic E-state index is 13.4. The maximum Gasteiger partial charge on any atom is 0.251 e. The van der Waals surface area contributed by atoms with E-state index in [9.17, 15) is 9.18 Å². The Morgan fingerprint density at radius 2 is 2.00 bits per heavy atom. The van der Waals surface area contributed by atoms with E-state index in [0.29, 0.717) is 22.1 Å². The summed E-state index contributed by atoms with van der Waals surface area (Å²) in [5.74, 6) is -0.587. The molecule has 1 amide bonds. The van der Waals surface area contributed by atoms with E-state index in [1.807, 2.05) is 0 Å². The van der Waals surface area contributed by atoms with E-state index in [1.165, 1.54) is 18.9 Å². The zero-order valence-corrected chi connectivity index (χ0v) is 12.0. The molecule has 1 aromatic carbocycles. The van der Waals surface area contributed by atoms with Gasteiger partial charge in [0, 0.05) is 23.7 Å². The van der Waals surface area contributed by atoms with Crippen molar-refractivity contribution in [2.45, 2.75) is 43.8 Å². The second-order valence-electron chi connectivity index (χ2n) is 5.41. The van der Waals surface area contributed by atoms with Crippen molar-refractivity contribution in [3.63, 3.8) is 0 Å². The summed E-state index contributed by atoms with van der Waals surface area (Å²) in [5.41, 5.74) is 0.381. The molecule has 2 bridgehead atoms. The highest BCUT2D eigenvalue weighted by Crippen LogP contribution is 2.27. The molecule has 2 unspecified atom stereocenters. The number of benzene rings is 1. The first kappa shape index (κ1) is 13.1. The van der Waals surface area contributed by atoms with Crippen LogP contribution in [0.1, 0.15) is 36.0 Å². The number of carbonyl (C=O) groups excluding carboxylic acids is 1. The van der Waals surface area contributed by atoms with Crippen LogP contribution in [0.25, 0.3) is 0 Å². The predicted molar refractivity (Wildman–Crippen MR) is 74.5 cm³/mol. The van der Waals surface area contributed by atoms with Crippen LogP contribution in [-0.2, 0) is 0 Å². The van der Waals surface area contributed by atoms with Gasteiger partial charge in [0.05, 0.1) is 4.47 Å². The second kappa shape index (κ2) is 5.21. The lowest BCUT2D eigenvalue weighted by Gasteiger charge is -2.29. The molecule has 5 heteroatoms. The van der Waals surface area contributed by atoms with Crippen LogP contribution in [0.2, 0.25) is 0 Å². The van der Waals surface area contributed by atoms with Gasteiger partial charge >= 0.3 is 0 Å². The number of nitrogens with one attached hydrogen (secondary N) is 2. The van der Waals surface area contributed by atoms with E-state index in [4.69, 9.17) is 0 Å². The van der Waals surface area contributed by atoms with Crippen molar-refractivity contribution in [3.05, 3.63) is 34.1 Å². The smallest absolute Gasteiger partial charge is 0.251 e. The van der Waals surface area contributed by atoms with Crippen molar-refractivity contribution in [1.82, 2.24) is 10.6 Å². The molecule has 2 atom stereocenters. The van der Waals surface area contributed by atoms with E-state index in [0.717, 1.165) is 12.8 Å². The molecule has 3 nitrogen and oxygen atoms in total. The number of hydrogen-bond acceptors (Lipinski definition) is 2. The Morgan fingerprint density at radius 1 is 1.32 bits per heavy atom. The highest BCUT2D eigenvalue weighted by atomic mass is 79.9. The van der Waals surface area contributed by atoms with E-state index in [2.05, 4.69) is 26.6 Å². The number of amides is 1. The SMILES string of the molecule is O=C(NC1CC2CCC(C1)N2)c1ccc(Br)c(F)c1. The third-order valence-corrected chi connectivity index (χ3v) is 4.63. The average Bonchev–Trinajstić information content (AvgIpc) is 2.72. The summed E-state index contributed by atoms with van der Waals surface area (Å²) in [6, 6.07) is 5.75. The first-order chi connectivity index (χ1) is 9.11. The number of halogens is 2. The third kappa shape index (κ3) is 2.82. The number of carbonyl (C=O) groups is 1. The lowest BCUT2D eigenvalue weighted by molar-refractivity contribution is 0.0923. The Morgan fingerprint density at radius 3 is 2.63 bits per heavy atom. The Balaban J connectivity index is 1.66. The summed E-state index contributed by atoms with van der Waals surface area (Å²) in [7, 11) is 0. The largest absolute Gasteiger partial charge is 0.349 e. The molecule has 2 aliphatic rings. The lowest BCUT2D eigenvalue weighted by Crippen LogP contribution is -2.48. The van der Waals surface area contributed by atoms with Crippen LogP contribution < -0.4 is 10.6 Å². The molecule has 0 aliphatic carbocycles. The number of fused-ring (bicyclic) bond motifs is 2. The van der Waals surface area contributed by atoms with Gasteiger partial charge in [-0.15, -0.1) is 0 Å². The van der Waals surface area contributed by atoms with Crippen LogP contribution in [0.4, 0.5) is 4.39 Å². The summed E-state index contributed by atoms with van der Waals surface area (Å²) < 4.78 is 13.8. The normalized spacial score (nSPS) is 29.3. The van der Waals surface area contributed by atoms with Gasteiger partial charge in [0.15, 0.2) is 0 Å². The van der Waals surface area contributed by atoms with Crippen molar-refractivity contribution < 1.29 is 9.18 Å². The topological polar surface area (TPSA) is 41.1 Å². The molecule has 2 aliphatic heterocycles. The Bertz CT molecular complexity index is 496. The summed E-state index contributed by atoms with van der Waals surface area (Å²) in [6.07, 6.45) is 4.34. The fourth-order valence-electron chi connectivity index (χ4n) is 3.08. The second-order valence-corrected chi connectivity index (χ2v) is 6.26. The molecule has 2 saturated heterocycles. The van der Waals surface area contributed by atoms with Crippen LogP contribution in [-0.4, -0.2) is 24.0 Å². The monoisotopic (exact) mass is 326 g/mol. The van der Waals surface area contributed by atoms with Gasteiger partial charge in [0.1, 0.15) is 5.82 Å². The van der Waals surface area contributed by atoms with Crippen molar-refractivity contribution in [3.8, 4) is 0 Å². The Labute approximate surface area is 120 Å². The Kier molecular flexibility index (Phi) is 3.58.